The number of methoxy groups -OCH3 is 1. The number of aromatic amines is 1. The van der Waals surface area contributed by atoms with Gasteiger partial charge in [0.05, 0.1) is 24.4 Å². The molecule has 0 bridgehead atoms. The van der Waals surface area contributed by atoms with Crippen molar-refractivity contribution in [2.45, 2.75) is 50.5 Å². The number of pyridine rings is 2. The van der Waals surface area contributed by atoms with Gasteiger partial charge in [0.25, 0.3) is 0 Å². The van der Waals surface area contributed by atoms with Crippen molar-refractivity contribution in [3.63, 3.8) is 0 Å². The molecule has 1 aliphatic carbocycles. The number of hydrogen-bond donors (Lipinski definition) is 1. The number of ether oxygens (including phenoxy) is 1. The zero-order chi connectivity index (χ0) is 20.5. The first-order chi connectivity index (χ1) is 14.7. The molecule has 0 radical (unpaired) electrons. The van der Waals surface area contributed by atoms with Crippen LogP contribution in [0.25, 0.3) is 21.9 Å². The summed E-state index contributed by atoms with van der Waals surface area (Å²) >= 11 is 0. The van der Waals surface area contributed by atoms with E-state index in [1.54, 1.807) is 7.11 Å². The van der Waals surface area contributed by atoms with Crippen molar-refractivity contribution >= 4 is 27.7 Å². The van der Waals surface area contributed by atoms with E-state index in [1.165, 1.54) is 10.9 Å². The quantitative estimate of drug-likeness (QED) is 0.692. The van der Waals surface area contributed by atoms with E-state index in [4.69, 9.17) is 4.74 Å². The lowest BCUT2D eigenvalue weighted by Crippen LogP contribution is -2.43. The fourth-order valence-electron chi connectivity index (χ4n) is 5.45. The summed E-state index contributed by atoms with van der Waals surface area (Å²) in [6, 6.07) is 4.26. The van der Waals surface area contributed by atoms with E-state index in [0.717, 1.165) is 68.2 Å². The summed E-state index contributed by atoms with van der Waals surface area (Å²) in [7, 11) is 1.78. The average molecular weight is 407 g/mol. The lowest BCUT2D eigenvalue weighted by atomic mass is 9.76. The minimum Gasteiger partial charge on any atom is -0.380 e. The number of likely N-dealkylation sites (tertiary alicyclic amines) is 1. The molecule has 2 fully saturated rings. The van der Waals surface area contributed by atoms with Crippen molar-refractivity contribution in [2.75, 3.05) is 26.7 Å². The molecule has 3 aromatic rings. The number of nitrogens with zero attached hydrogens (tertiary/aromatic N) is 3. The standard InChI is InChI=1S/C24H30N4O2/c1-30-18-3-2-12-28(14-18)15-22(29)17-6-4-16(5-7-17)19-8-10-25-21-13-27-24-20(23(19)21)9-11-26-24/h8-11,13,16-18H,2-7,12,14-15H2,1H3,(H,26,27). The van der Waals surface area contributed by atoms with Crippen LogP contribution in [0.15, 0.2) is 30.7 Å². The van der Waals surface area contributed by atoms with Gasteiger partial charge >= 0.3 is 0 Å². The Morgan fingerprint density at radius 2 is 2.07 bits per heavy atom. The molecule has 6 nitrogen and oxygen atoms in total. The van der Waals surface area contributed by atoms with Gasteiger partial charge in [0.1, 0.15) is 11.4 Å². The number of ketones is 1. The molecule has 0 aromatic carbocycles. The molecule has 1 atom stereocenters. The van der Waals surface area contributed by atoms with Crippen LogP contribution in [0.3, 0.4) is 0 Å². The topological polar surface area (TPSA) is 71.1 Å². The van der Waals surface area contributed by atoms with Gasteiger partial charge in [-0.25, -0.2) is 4.98 Å². The van der Waals surface area contributed by atoms with Crippen LogP contribution in [0.1, 0.15) is 50.0 Å². The Morgan fingerprint density at radius 3 is 2.90 bits per heavy atom. The second-order valence-electron chi connectivity index (χ2n) is 8.91. The largest absolute Gasteiger partial charge is 0.380 e. The summed E-state index contributed by atoms with van der Waals surface area (Å²) in [5, 5.41) is 2.36. The van der Waals surface area contributed by atoms with E-state index in [0.29, 0.717) is 18.2 Å². The maximum absolute atomic E-state index is 13.0. The van der Waals surface area contributed by atoms with E-state index >= 15 is 0 Å². The number of carbonyl (C=O) groups excluding carboxylic acids is 1. The van der Waals surface area contributed by atoms with Gasteiger partial charge in [0.2, 0.25) is 0 Å². The molecule has 3 aromatic heterocycles. The maximum Gasteiger partial charge on any atom is 0.149 e. The molecule has 1 saturated heterocycles. The summed E-state index contributed by atoms with van der Waals surface area (Å²) in [5.74, 6) is 1.10. The molecule has 1 unspecified atom stereocenters. The Bertz CT molecular complexity index is 1040. The van der Waals surface area contributed by atoms with Crippen molar-refractivity contribution in [3.05, 3.63) is 36.3 Å². The van der Waals surface area contributed by atoms with Crippen molar-refractivity contribution in [2.24, 2.45) is 5.92 Å². The number of rotatable bonds is 5. The molecule has 5 rings (SSSR count). The summed E-state index contributed by atoms with van der Waals surface area (Å²) in [6.45, 7) is 2.49. The van der Waals surface area contributed by atoms with E-state index in [2.05, 4.69) is 32.0 Å². The van der Waals surface area contributed by atoms with Crippen LogP contribution in [-0.2, 0) is 9.53 Å². The third-order valence-electron chi connectivity index (χ3n) is 7.12. The van der Waals surface area contributed by atoms with Crippen LogP contribution in [0.4, 0.5) is 0 Å². The normalized spacial score (nSPS) is 25.7. The van der Waals surface area contributed by atoms with E-state index in [1.807, 2.05) is 18.6 Å². The van der Waals surface area contributed by atoms with Gasteiger partial charge in [-0.15, -0.1) is 0 Å². The summed E-state index contributed by atoms with van der Waals surface area (Å²) in [6.07, 6.45) is 12.3. The third-order valence-corrected chi connectivity index (χ3v) is 7.12. The summed E-state index contributed by atoms with van der Waals surface area (Å²) in [4.78, 5) is 27.5. The molecule has 0 spiro atoms. The van der Waals surface area contributed by atoms with Crippen LogP contribution >= 0.6 is 0 Å². The van der Waals surface area contributed by atoms with Crippen LogP contribution in [0.2, 0.25) is 0 Å². The van der Waals surface area contributed by atoms with Gasteiger partial charge in [-0.05, 0) is 68.7 Å². The van der Waals surface area contributed by atoms with Crippen molar-refractivity contribution in [1.29, 1.82) is 0 Å². The second-order valence-corrected chi connectivity index (χ2v) is 8.91. The van der Waals surface area contributed by atoms with Gasteiger partial charge < -0.3 is 9.72 Å². The Kier molecular flexibility index (Phi) is 5.52. The van der Waals surface area contributed by atoms with Gasteiger partial charge in [0, 0.05) is 42.7 Å². The molecule has 4 heterocycles. The molecular formula is C24H30N4O2. The molecule has 0 amide bonds. The summed E-state index contributed by atoms with van der Waals surface area (Å²) in [5.41, 5.74) is 3.23. The highest BCUT2D eigenvalue weighted by atomic mass is 16.5. The number of carbonyl (C=O) groups is 1. The van der Waals surface area contributed by atoms with Gasteiger partial charge in [-0.3, -0.25) is 14.7 Å². The first-order valence-corrected chi connectivity index (χ1v) is 11.2. The predicted octanol–water partition coefficient (Wildman–Crippen LogP) is 4.06. The van der Waals surface area contributed by atoms with Crippen molar-refractivity contribution in [3.8, 4) is 0 Å². The summed E-state index contributed by atoms with van der Waals surface area (Å²) < 4.78 is 5.51. The Morgan fingerprint density at radius 1 is 1.20 bits per heavy atom. The molecule has 1 aliphatic heterocycles. The van der Waals surface area contributed by atoms with E-state index in [-0.39, 0.29) is 12.0 Å². The van der Waals surface area contributed by atoms with Gasteiger partial charge in [-0.2, -0.15) is 0 Å². The Balaban J connectivity index is 1.27. The number of H-pyrrole nitrogens is 1. The zero-order valence-electron chi connectivity index (χ0n) is 17.6. The minimum absolute atomic E-state index is 0.200. The minimum atomic E-state index is 0.200. The van der Waals surface area contributed by atoms with E-state index < -0.39 is 0 Å². The van der Waals surface area contributed by atoms with Gasteiger partial charge in [0.15, 0.2) is 0 Å². The number of hydrogen-bond acceptors (Lipinski definition) is 5. The monoisotopic (exact) mass is 406 g/mol. The molecule has 1 saturated carbocycles. The lowest BCUT2D eigenvalue weighted by molar-refractivity contribution is -0.125. The van der Waals surface area contributed by atoms with Crippen molar-refractivity contribution in [1.82, 2.24) is 19.9 Å². The molecule has 6 heteroatoms. The number of Topliss-reactive ketones (excluding diaryl/α,β-unsaturated/α-hetero) is 1. The fourth-order valence-corrected chi connectivity index (χ4v) is 5.45. The first kappa shape index (κ1) is 19.6. The smallest absolute Gasteiger partial charge is 0.149 e. The number of nitrogens with one attached hydrogen (secondary N) is 1. The van der Waals surface area contributed by atoms with Crippen LogP contribution in [0.5, 0.6) is 0 Å². The molecule has 158 valence electrons. The lowest BCUT2D eigenvalue weighted by Gasteiger charge is -2.33. The number of piperidine rings is 1. The first-order valence-electron chi connectivity index (χ1n) is 11.2. The SMILES string of the molecule is COC1CCCN(CC(=O)C2CCC(c3ccnc4cnc5[nH]ccc5c34)CC2)C1. The van der Waals surface area contributed by atoms with Crippen LogP contribution in [-0.4, -0.2) is 58.5 Å². The van der Waals surface area contributed by atoms with Gasteiger partial charge in [-0.1, -0.05) is 0 Å². The highest BCUT2D eigenvalue weighted by Gasteiger charge is 2.30. The van der Waals surface area contributed by atoms with Crippen LogP contribution < -0.4 is 0 Å². The second kappa shape index (κ2) is 8.44. The average Bonchev–Trinajstić information content (AvgIpc) is 3.28. The molecular weight excluding hydrogens is 376 g/mol. The number of fused-ring (bicyclic) bond motifs is 3. The zero-order valence-corrected chi connectivity index (χ0v) is 17.6. The number of aromatic nitrogens is 3. The predicted molar refractivity (Wildman–Crippen MR) is 118 cm³/mol. The van der Waals surface area contributed by atoms with Crippen LogP contribution in [0, 0.1) is 5.92 Å². The van der Waals surface area contributed by atoms with E-state index in [9.17, 15) is 4.79 Å². The van der Waals surface area contributed by atoms with Crippen molar-refractivity contribution < 1.29 is 9.53 Å². The fraction of sp³-hybridized carbons (Fsp3) is 0.542. The Labute approximate surface area is 177 Å². The Hall–Kier alpha value is -2.31. The highest BCUT2D eigenvalue weighted by Crippen LogP contribution is 2.40. The molecule has 30 heavy (non-hydrogen) atoms. The molecule has 1 N–H and O–H groups in total. The third kappa shape index (κ3) is 3.74. The highest BCUT2D eigenvalue weighted by molar-refractivity contribution is 6.05. The maximum atomic E-state index is 13.0. The molecule has 2 aliphatic rings.